The molecule has 1 heterocycles. The standard InChI is InChI=1S/C12H22F2N2O/c1-3-15(4-2)9-10-5-7-16(8-6-10)12(17)11(13)14/h10-11H,3-9H2,1-2H3. The molecule has 5 heteroatoms. The molecule has 100 valence electrons. The van der Waals surface area contributed by atoms with E-state index < -0.39 is 12.3 Å². The molecular weight excluding hydrogens is 226 g/mol. The number of halogens is 2. The molecule has 0 saturated carbocycles. The van der Waals surface area contributed by atoms with Gasteiger partial charge in [-0.1, -0.05) is 13.8 Å². The van der Waals surface area contributed by atoms with Crippen molar-refractivity contribution in [1.82, 2.24) is 9.80 Å². The molecule has 1 aliphatic heterocycles. The third-order valence-corrected chi connectivity index (χ3v) is 3.52. The summed E-state index contributed by atoms with van der Waals surface area (Å²) in [4.78, 5) is 14.7. The van der Waals surface area contributed by atoms with Crippen LogP contribution in [0.3, 0.4) is 0 Å². The van der Waals surface area contributed by atoms with Crippen LogP contribution >= 0.6 is 0 Å². The van der Waals surface area contributed by atoms with Gasteiger partial charge in [0.15, 0.2) is 0 Å². The number of piperidine rings is 1. The van der Waals surface area contributed by atoms with Gasteiger partial charge in [0.25, 0.3) is 5.91 Å². The molecule has 3 nitrogen and oxygen atoms in total. The van der Waals surface area contributed by atoms with E-state index in [0.717, 1.165) is 32.5 Å². The molecule has 0 aromatic heterocycles. The van der Waals surface area contributed by atoms with E-state index in [1.807, 2.05) is 0 Å². The van der Waals surface area contributed by atoms with Crippen molar-refractivity contribution in [2.45, 2.75) is 33.1 Å². The smallest absolute Gasteiger partial charge is 0.315 e. The summed E-state index contributed by atoms with van der Waals surface area (Å²) in [6, 6.07) is 0. The molecule has 0 aromatic rings. The van der Waals surface area contributed by atoms with Gasteiger partial charge in [0.05, 0.1) is 0 Å². The molecule has 1 fully saturated rings. The highest BCUT2D eigenvalue weighted by atomic mass is 19.3. The third-order valence-electron chi connectivity index (χ3n) is 3.52. The third kappa shape index (κ3) is 4.22. The van der Waals surface area contributed by atoms with E-state index >= 15 is 0 Å². The Bertz CT molecular complexity index is 237. The summed E-state index contributed by atoms with van der Waals surface area (Å²) < 4.78 is 24.5. The van der Waals surface area contributed by atoms with Crippen LogP contribution in [0, 0.1) is 5.92 Å². The van der Waals surface area contributed by atoms with E-state index in [2.05, 4.69) is 18.7 Å². The van der Waals surface area contributed by atoms with Crippen LogP contribution in [0.15, 0.2) is 0 Å². The van der Waals surface area contributed by atoms with Gasteiger partial charge in [-0.3, -0.25) is 4.79 Å². The van der Waals surface area contributed by atoms with Gasteiger partial charge in [-0.15, -0.1) is 0 Å². The maximum atomic E-state index is 12.2. The number of hydrogen-bond acceptors (Lipinski definition) is 2. The highest BCUT2D eigenvalue weighted by Gasteiger charge is 2.28. The first-order valence-electron chi connectivity index (χ1n) is 6.37. The number of rotatable bonds is 5. The first-order chi connectivity index (χ1) is 8.08. The molecule has 1 rings (SSSR count). The van der Waals surface area contributed by atoms with Crippen LogP contribution in [0.1, 0.15) is 26.7 Å². The zero-order chi connectivity index (χ0) is 12.8. The average molecular weight is 248 g/mol. The second kappa shape index (κ2) is 6.89. The van der Waals surface area contributed by atoms with E-state index in [0.29, 0.717) is 19.0 Å². The zero-order valence-corrected chi connectivity index (χ0v) is 10.7. The summed E-state index contributed by atoms with van der Waals surface area (Å²) in [6.45, 7) is 8.27. The number of likely N-dealkylation sites (tertiary alicyclic amines) is 1. The normalized spacial score (nSPS) is 18.1. The Hall–Kier alpha value is -0.710. The van der Waals surface area contributed by atoms with Crippen LogP contribution in [0.4, 0.5) is 8.78 Å². The second-order valence-electron chi connectivity index (χ2n) is 4.56. The predicted molar refractivity (Wildman–Crippen MR) is 63.1 cm³/mol. The molecule has 0 unspecified atom stereocenters. The molecule has 0 aromatic carbocycles. The largest absolute Gasteiger partial charge is 0.338 e. The Morgan fingerprint density at radius 2 is 1.82 bits per heavy atom. The molecule has 0 radical (unpaired) electrons. The first-order valence-corrected chi connectivity index (χ1v) is 6.37. The first kappa shape index (κ1) is 14.4. The molecule has 0 spiro atoms. The van der Waals surface area contributed by atoms with Gasteiger partial charge < -0.3 is 9.80 Å². The zero-order valence-electron chi connectivity index (χ0n) is 10.7. The topological polar surface area (TPSA) is 23.6 Å². The number of alkyl halides is 2. The van der Waals surface area contributed by atoms with Gasteiger partial charge in [0.1, 0.15) is 0 Å². The molecule has 0 atom stereocenters. The van der Waals surface area contributed by atoms with Gasteiger partial charge >= 0.3 is 6.43 Å². The van der Waals surface area contributed by atoms with E-state index in [-0.39, 0.29) is 0 Å². The Morgan fingerprint density at radius 1 is 1.29 bits per heavy atom. The summed E-state index contributed by atoms with van der Waals surface area (Å²) in [5, 5.41) is 0. The molecule has 0 bridgehead atoms. The fourth-order valence-corrected chi connectivity index (χ4v) is 2.32. The fourth-order valence-electron chi connectivity index (χ4n) is 2.32. The van der Waals surface area contributed by atoms with E-state index in [9.17, 15) is 13.6 Å². The Labute approximate surface area is 102 Å². The van der Waals surface area contributed by atoms with Crippen molar-refractivity contribution in [3.8, 4) is 0 Å². The maximum Gasteiger partial charge on any atom is 0.315 e. The summed E-state index contributed by atoms with van der Waals surface area (Å²) >= 11 is 0. The van der Waals surface area contributed by atoms with Gasteiger partial charge in [-0.05, 0) is 31.8 Å². The Kier molecular flexibility index (Phi) is 5.82. The maximum absolute atomic E-state index is 12.2. The van der Waals surface area contributed by atoms with Crippen LogP contribution in [-0.4, -0.2) is 54.9 Å². The lowest BCUT2D eigenvalue weighted by Crippen LogP contribution is -2.43. The molecule has 1 saturated heterocycles. The summed E-state index contributed by atoms with van der Waals surface area (Å²) in [7, 11) is 0. The van der Waals surface area contributed by atoms with Gasteiger partial charge in [0, 0.05) is 19.6 Å². The monoisotopic (exact) mass is 248 g/mol. The van der Waals surface area contributed by atoms with Crippen LogP contribution in [0.5, 0.6) is 0 Å². The lowest BCUT2D eigenvalue weighted by Gasteiger charge is -2.34. The number of carbonyl (C=O) groups excluding carboxylic acids is 1. The molecule has 1 amide bonds. The minimum atomic E-state index is -2.85. The Morgan fingerprint density at radius 3 is 2.24 bits per heavy atom. The molecule has 0 N–H and O–H groups in total. The minimum absolute atomic E-state index is 0.481. The summed E-state index contributed by atoms with van der Waals surface area (Å²) in [5.74, 6) is -0.470. The molecule has 1 aliphatic rings. The van der Waals surface area contributed by atoms with Crippen molar-refractivity contribution >= 4 is 5.91 Å². The second-order valence-corrected chi connectivity index (χ2v) is 4.56. The van der Waals surface area contributed by atoms with Crippen molar-refractivity contribution in [1.29, 1.82) is 0 Å². The van der Waals surface area contributed by atoms with Crippen molar-refractivity contribution in [3.05, 3.63) is 0 Å². The predicted octanol–water partition coefficient (Wildman–Crippen LogP) is 1.83. The van der Waals surface area contributed by atoms with Gasteiger partial charge in [-0.2, -0.15) is 8.78 Å². The summed E-state index contributed by atoms with van der Waals surface area (Å²) in [6.07, 6.45) is -1.17. The SMILES string of the molecule is CCN(CC)CC1CCN(C(=O)C(F)F)CC1. The molecule has 0 aliphatic carbocycles. The average Bonchev–Trinajstić information content (AvgIpc) is 2.35. The molecule has 17 heavy (non-hydrogen) atoms. The van der Waals surface area contributed by atoms with Crippen molar-refractivity contribution in [3.63, 3.8) is 0 Å². The molecular formula is C12H22F2N2O. The van der Waals surface area contributed by atoms with Crippen LogP contribution < -0.4 is 0 Å². The fraction of sp³-hybridized carbons (Fsp3) is 0.917. The van der Waals surface area contributed by atoms with Crippen LogP contribution in [-0.2, 0) is 4.79 Å². The van der Waals surface area contributed by atoms with Crippen molar-refractivity contribution < 1.29 is 13.6 Å². The number of hydrogen-bond donors (Lipinski definition) is 0. The van der Waals surface area contributed by atoms with Crippen LogP contribution in [0.25, 0.3) is 0 Å². The highest BCUT2D eigenvalue weighted by molar-refractivity contribution is 5.79. The minimum Gasteiger partial charge on any atom is -0.338 e. The number of nitrogens with zero attached hydrogens (tertiary/aromatic N) is 2. The number of carbonyl (C=O) groups is 1. The van der Waals surface area contributed by atoms with E-state index in [4.69, 9.17) is 0 Å². The number of amides is 1. The summed E-state index contributed by atoms with van der Waals surface area (Å²) in [5.41, 5.74) is 0. The van der Waals surface area contributed by atoms with Crippen molar-refractivity contribution in [2.24, 2.45) is 5.92 Å². The highest BCUT2D eigenvalue weighted by Crippen LogP contribution is 2.19. The quantitative estimate of drug-likeness (QED) is 0.741. The van der Waals surface area contributed by atoms with E-state index in [1.165, 1.54) is 4.90 Å². The van der Waals surface area contributed by atoms with Gasteiger partial charge in [0.2, 0.25) is 0 Å². The van der Waals surface area contributed by atoms with Crippen LogP contribution in [0.2, 0.25) is 0 Å². The Balaban J connectivity index is 2.33. The van der Waals surface area contributed by atoms with Crippen molar-refractivity contribution in [2.75, 3.05) is 32.7 Å². The van der Waals surface area contributed by atoms with E-state index in [1.54, 1.807) is 0 Å². The lowest BCUT2D eigenvalue weighted by molar-refractivity contribution is -0.144. The lowest BCUT2D eigenvalue weighted by atomic mass is 9.96. The van der Waals surface area contributed by atoms with Gasteiger partial charge in [-0.25, -0.2) is 0 Å².